The number of nitrogens with zero attached hydrogens (tertiary/aromatic N) is 1. The molecule has 2 unspecified atom stereocenters. The van der Waals surface area contributed by atoms with E-state index in [0.717, 1.165) is 6.42 Å². The fraction of sp³-hybridized carbons (Fsp3) is 0.909. The first-order chi connectivity index (χ1) is 7.35. The monoisotopic (exact) mass is 230 g/mol. The largest absolute Gasteiger partial charge is 0.393 e. The van der Waals surface area contributed by atoms with E-state index in [4.69, 9.17) is 5.11 Å². The zero-order valence-electron chi connectivity index (χ0n) is 10.2. The lowest BCUT2D eigenvalue weighted by molar-refractivity contribution is -0.133. The number of nitrogens with one attached hydrogen (secondary N) is 1. The number of aliphatic hydroxyl groups excluding tert-OH is 1. The van der Waals surface area contributed by atoms with Crippen molar-refractivity contribution in [1.82, 2.24) is 10.2 Å². The minimum atomic E-state index is -1.21. The Bertz CT molecular complexity index is 254. The second-order valence-corrected chi connectivity index (χ2v) is 5.08. The highest BCUT2D eigenvalue weighted by molar-refractivity contribution is 5.84. The minimum Gasteiger partial charge on any atom is -0.393 e. The van der Waals surface area contributed by atoms with Gasteiger partial charge < -0.3 is 20.4 Å². The maximum atomic E-state index is 11.9. The van der Waals surface area contributed by atoms with E-state index in [1.807, 2.05) is 13.8 Å². The first kappa shape index (κ1) is 13.4. The number of β-amino-alcohol motifs (C(OH)–C–C–N with tert-alkyl or cyclic N) is 1. The Morgan fingerprint density at radius 3 is 2.75 bits per heavy atom. The summed E-state index contributed by atoms with van der Waals surface area (Å²) in [6.07, 6.45) is 0.762. The molecule has 0 radical (unpaired) electrons. The van der Waals surface area contributed by atoms with Crippen molar-refractivity contribution in [3.8, 4) is 0 Å². The molecular weight excluding hydrogens is 208 g/mol. The Kier molecular flexibility index (Phi) is 4.29. The van der Waals surface area contributed by atoms with E-state index >= 15 is 0 Å². The molecule has 16 heavy (non-hydrogen) atoms. The van der Waals surface area contributed by atoms with Crippen LogP contribution in [0.2, 0.25) is 0 Å². The standard InChI is InChI=1S/C11H22N2O3/c1-8(2)12-9-4-5-13(10(9)15)6-11(3,16)7-14/h8-9,12,14,16H,4-7H2,1-3H3. The summed E-state index contributed by atoms with van der Waals surface area (Å²) >= 11 is 0. The Balaban J connectivity index is 2.51. The van der Waals surface area contributed by atoms with Gasteiger partial charge in [0, 0.05) is 12.6 Å². The summed E-state index contributed by atoms with van der Waals surface area (Å²) in [6.45, 7) is 6.03. The Morgan fingerprint density at radius 2 is 2.25 bits per heavy atom. The van der Waals surface area contributed by atoms with Gasteiger partial charge in [-0.05, 0) is 13.3 Å². The molecule has 5 nitrogen and oxygen atoms in total. The molecule has 0 spiro atoms. The summed E-state index contributed by atoms with van der Waals surface area (Å²) in [4.78, 5) is 13.5. The van der Waals surface area contributed by atoms with Crippen molar-refractivity contribution in [2.24, 2.45) is 0 Å². The van der Waals surface area contributed by atoms with Crippen molar-refractivity contribution < 1.29 is 15.0 Å². The first-order valence-corrected chi connectivity index (χ1v) is 5.74. The smallest absolute Gasteiger partial charge is 0.239 e. The van der Waals surface area contributed by atoms with Crippen LogP contribution in [0.15, 0.2) is 0 Å². The second kappa shape index (κ2) is 5.12. The highest BCUT2D eigenvalue weighted by Crippen LogP contribution is 2.15. The van der Waals surface area contributed by atoms with Crippen LogP contribution in [0.1, 0.15) is 27.2 Å². The van der Waals surface area contributed by atoms with Crippen LogP contribution in [0.3, 0.4) is 0 Å². The van der Waals surface area contributed by atoms with Crippen LogP contribution in [-0.2, 0) is 4.79 Å². The van der Waals surface area contributed by atoms with Gasteiger partial charge in [-0.15, -0.1) is 0 Å². The lowest BCUT2D eigenvalue weighted by Crippen LogP contribution is -2.47. The Hall–Kier alpha value is -0.650. The van der Waals surface area contributed by atoms with Crippen molar-refractivity contribution in [3.05, 3.63) is 0 Å². The number of hydrogen-bond acceptors (Lipinski definition) is 4. The lowest BCUT2D eigenvalue weighted by atomic mass is 10.1. The van der Waals surface area contributed by atoms with Crippen molar-refractivity contribution in [1.29, 1.82) is 0 Å². The van der Waals surface area contributed by atoms with Gasteiger partial charge in [-0.2, -0.15) is 0 Å². The maximum Gasteiger partial charge on any atom is 0.239 e. The molecule has 1 heterocycles. The van der Waals surface area contributed by atoms with Gasteiger partial charge in [-0.1, -0.05) is 13.8 Å². The van der Waals surface area contributed by atoms with Gasteiger partial charge in [-0.3, -0.25) is 4.79 Å². The van der Waals surface area contributed by atoms with Gasteiger partial charge in [0.2, 0.25) is 5.91 Å². The minimum absolute atomic E-state index is 0.0161. The zero-order chi connectivity index (χ0) is 12.3. The maximum absolute atomic E-state index is 11.9. The van der Waals surface area contributed by atoms with E-state index in [-0.39, 0.29) is 31.1 Å². The summed E-state index contributed by atoms with van der Waals surface area (Å²) in [5, 5.41) is 21.8. The number of rotatable bonds is 5. The van der Waals surface area contributed by atoms with E-state index in [1.54, 1.807) is 4.90 Å². The van der Waals surface area contributed by atoms with E-state index in [1.165, 1.54) is 6.92 Å². The third-order valence-electron chi connectivity index (χ3n) is 2.70. The number of carbonyl (C=O) groups excluding carboxylic acids is 1. The fourth-order valence-electron chi connectivity index (χ4n) is 1.91. The quantitative estimate of drug-likeness (QED) is 0.585. The number of carbonyl (C=O) groups is 1. The Morgan fingerprint density at radius 1 is 1.62 bits per heavy atom. The average molecular weight is 230 g/mol. The number of likely N-dealkylation sites (tertiary alicyclic amines) is 1. The van der Waals surface area contributed by atoms with Gasteiger partial charge in [0.1, 0.15) is 5.60 Å². The summed E-state index contributed by atoms with van der Waals surface area (Å²) in [5.41, 5.74) is -1.21. The molecule has 1 aliphatic heterocycles. The highest BCUT2D eigenvalue weighted by Gasteiger charge is 2.35. The van der Waals surface area contributed by atoms with E-state index in [2.05, 4.69) is 5.32 Å². The topological polar surface area (TPSA) is 72.8 Å². The van der Waals surface area contributed by atoms with Crippen LogP contribution in [0.4, 0.5) is 0 Å². The van der Waals surface area contributed by atoms with Crippen LogP contribution in [-0.4, -0.2) is 58.4 Å². The zero-order valence-corrected chi connectivity index (χ0v) is 10.2. The predicted octanol–water partition coefficient (Wildman–Crippen LogP) is -0.671. The van der Waals surface area contributed by atoms with E-state index < -0.39 is 5.60 Å². The molecule has 0 aromatic rings. The van der Waals surface area contributed by atoms with Gasteiger partial charge in [0.25, 0.3) is 0 Å². The molecule has 1 amide bonds. The summed E-state index contributed by atoms with van der Waals surface area (Å²) in [5.74, 6) is 0.0161. The molecule has 3 N–H and O–H groups in total. The van der Waals surface area contributed by atoms with Crippen molar-refractivity contribution in [3.63, 3.8) is 0 Å². The molecule has 94 valence electrons. The molecule has 5 heteroatoms. The molecule has 0 bridgehead atoms. The second-order valence-electron chi connectivity index (χ2n) is 5.08. The van der Waals surface area contributed by atoms with Gasteiger partial charge in [-0.25, -0.2) is 0 Å². The third kappa shape index (κ3) is 3.43. The molecule has 1 aliphatic rings. The summed E-state index contributed by atoms with van der Waals surface area (Å²) < 4.78 is 0. The predicted molar refractivity (Wildman–Crippen MR) is 61.0 cm³/mol. The number of amides is 1. The van der Waals surface area contributed by atoms with Crippen LogP contribution >= 0.6 is 0 Å². The van der Waals surface area contributed by atoms with Gasteiger partial charge >= 0.3 is 0 Å². The third-order valence-corrected chi connectivity index (χ3v) is 2.70. The number of aliphatic hydroxyl groups is 2. The molecule has 0 saturated carbocycles. The first-order valence-electron chi connectivity index (χ1n) is 5.74. The van der Waals surface area contributed by atoms with Gasteiger partial charge in [0.05, 0.1) is 19.2 Å². The van der Waals surface area contributed by atoms with E-state index in [0.29, 0.717) is 6.54 Å². The number of hydrogen-bond donors (Lipinski definition) is 3. The average Bonchev–Trinajstić information content (AvgIpc) is 2.49. The fourth-order valence-corrected chi connectivity index (χ4v) is 1.91. The van der Waals surface area contributed by atoms with Gasteiger partial charge in [0.15, 0.2) is 0 Å². The molecule has 1 fully saturated rings. The van der Waals surface area contributed by atoms with Crippen LogP contribution in [0, 0.1) is 0 Å². The highest BCUT2D eigenvalue weighted by atomic mass is 16.3. The van der Waals surface area contributed by atoms with Crippen LogP contribution in [0.5, 0.6) is 0 Å². The molecule has 1 saturated heterocycles. The van der Waals surface area contributed by atoms with Crippen molar-refractivity contribution >= 4 is 5.91 Å². The Labute approximate surface area is 96.4 Å². The van der Waals surface area contributed by atoms with Crippen LogP contribution in [0.25, 0.3) is 0 Å². The molecule has 0 aliphatic carbocycles. The molecule has 2 atom stereocenters. The normalized spacial score (nSPS) is 25.2. The molecular formula is C11H22N2O3. The molecule has 0 aromatic heterocycles. The molecule has 1 rings (SSSR count). The van der Waals surface area contributed by atoms with Crippen LogP contribution < -0.4 is 5.32 Å². The van der Waals surface area contributed by atoms with E-state index in [9.17, 15) is 9.90 Å². The van der Waals surface area contributed by atoms with Crippen molar-refractivity contribution in [2.45, 2.75) is 44.9 Å². The lowest BCUT2D eigenvalue weighted by Gasteiger charge is -2.27. The SMILES string of the molecule is CC(C)NC1CCN(CC(C)(O)CO)C1=O. The summed E-state index contributed by atoms with van der Waals surface area (Å²) in [7, 11) is 0. The molecule has 0 aromatic carbocycles. The summed E-state index contributed by atoms with van der Waals surface area (Å²) in [6, 6.07) is 0.127. The van der Waals surface area contributed by atoms with Crippen molar-refractivity contribution in [2.75, 3.05) is 19.7 Å².